The van der Waals surface area contributed by atoms with E-state index in [0.29, 0.717) is 6.42 Å². The van der Waals surface area contributed by atoms with Crippen molar-refractivity contribution in [2.24, 2.45) is 0 Å². The highest BCUT2D eigenvalue weighted by Crippen LogP contribution is 2.16. The minimum absolute atomic E-state index is 0. The van der Waals surface area contributed by atoms with Gasteiger partial charge < -0.3 is 10.6 Å². The van der Waals surface area contributed by atoms with Crippen LogP contribution in [0.15, 0.2) is 42.7 Å². The highest BCUT2D eigenvalue weighted by molar-refractivity contribution is 5.85. The van der Waals surface area contributed by atoms with Crippen molar-refractivity contribution >= 4 is 18.3 Å². The zero-order valence-corrected chi connectivity index (χ0v) is 13.8. The first-order valence-electron chi connectivity index (χ1n) is 7.24. The summed E-state index contributed by atoms with van der Waals surface area (Å²) in [6.07, 6.45) is 5.05. The first-order chi connectivity index (χ1) is 10.2. The summed E-state index contributed by atoms with van der Waals surface area (Å²) >= 11 is 0. The van der Waals surface area contributed by atoms with E-state index >= 15 is 0 Å². The Bertz CT molecular complexity index is 571. The lowest BCUT2D eigenvalue weighted by Crippen LogP contribution is -2.27. The van der Waals surface area contributed by atoms with Crippen LogP contribution in [-0.2, 0) is 4.79 Å². The number of carbonyl (C=O) groups is 1. The second kappa shape index (κ2) is 9.23. The molecule has 6 heteroatoms. The third kappa shape index (κ3) is 5.16. The van der Waals surface area contributed by atoms with E-state index in [-0.39, 0.29) is 24.4 Å². The van der Waals surface area contributed by atoms with Gasteiger partial charge in [0.1, 0.15) is 0 Å². The average molecular weight is 323 g/mol. The molecule has 0 spiro atoms. The minimum Gasteiger partial charge on any atom is -0.350 e. The van der Waals surface area contributed by atoms with Crippen LogP contribution in [0.3, 0.4) is 0 Å². The molecule has 0 fully saturated rings. The summed E-state index contributed by atoms with van der Waals surface area (Å²) in [5, 5.41) is 10.3. The van der Waals surface area contributed by atoms with Crippen molar-refractivity contribution in [1.29, 1.82) is 0 Å². The molecule has 2 N–H and O–H groups in total. The first-order valence-corrected chi connectivity index (χ1v) is 7.24. The van der Waals surface area contributed by atoms with Crippen molar-refractivity contribution in [3.63, 3.8) is 0 Å². The molecule has 120 valence electrons. The largest absolute Gasteiger partial charge is 0.350 e. The number of aromatic nitrogens is 2. The predicted molar refractivity (Wildman–Crippen MR) is 90.5 cm³/mol. The Morgan fingerprint density at radius 1 is 1.36 bits per heavy atom. The zero-order valence-electron chi connectivity index (χ0n) is 13.0. The lowest BCUT2D eigenvalue weighted by molar-refractivity contribution is -0.121. The molecule has 2 aromatic rings. The average Bonchev–Trinajstić information content (AvgIpc) is 3.02. The molecule has 0 aliphatic rings. The Hall–Kier alpha value is -1.85. The quantitative estimate of drug-likeness (QED) is 0.770. The highest BCUT2D eigenvalue weighted by atomic mass is 35.5. The zero-order chi connectivity index (χ0) is 15.1. The molecule has 1 amide bonds. The third-order valence-corrected chi connectivity index (χ3v) is 3.35. The molecule has 1 aromatic carbocycles. The monoisotopic (exact) mass is 322 g/mol. The van der Waals surface area contributed by atoms with Gasteiger partial charge in [0.25, 0.3) is 0 Å². The number of nitrogens with one attached hydrogen (secondary N) is 2. The predicted octanol–water partition coefficient (Wildman–Crippen LogP) is 2.47. The van der Waals surface area contributed by atoms with E-state index in [4.69, 9.17) is 0 Å². The summed E-state index contributed by atoms with van der Waals surface area (Å²) in [6.45, 7) is 2.86. The third-order valence-electron chi connectivity index (χ3n) is 3.35. The summed E-state index contributed by atoms with van der Waals surface area (Å²) in [7, 11) is 1.89. The second-order valence-electron chi connectivity index (χ2n) is 5.04. The molecule has 0 radical (unpaired) electrons. The van der Waals surface area contributed by atoms with Crippen molar-refractivity contribution in [3.05, 3.63) is 48.3 Å². The smallest absolute Gasteiger partial charge is 0.220 e. The molecule has 2 rings (SSSR count). The molecule has 0 aliphatic heterocycles. The van der Waals surface area contributed by atoms with E-state index in [1.807, 2.05) is 55.2 Å². The molecule has 22 heavy (non-hydrogen) atoms. The minimum atomic E-state index is -0.0115. The summed E-state index contributed by atoms with van der Waals surface area (Å²) in [5.74, 6) is 0.0854. The van der Waals surface area contributed by atoms with Crippen molar-refractivity contribution in [3.8, 4) is 5.69 Å². The van der Waals surface area contributed by atoms with Crippen LogP contribution >= 0.6 is 12.4 Å². The SMILES string of the molecule is CNCCCC(=O)NC(C)c1cccc(-n2cccn2)c1.Cl. The van der Waals surface area contributed by atoms with Gasteiger partial charge in [-0.05, 0) is 50.7 Å². The maximum atomic E-state index is 11.9. The maximum Gasteiger partial charge on any atom is 0.220 e. The van der Waals surface area contributed by atoms with Crippen LogP contribution in [0.4, 0.5) is 0 Å². The number of hydrogen-bond donors (Lipinski definition) is 2. The van der Waals surface area contributed by atoms with E-state index in [9.17, 15) is 4.79 Å². The Kier molecular flexibility index (Phi) is 7.63. The van der Waals surface area contributed by atoms with E-state index in [1.165, 1.54) is 0 Å². The van der Waals surface area contributed by atoms with E-state index in [1.54, 1.807) is 6.20 Å². The Labute approximate surface area is 137 Å². The van der Waals surface area contributed by atoms with Gasteiger partial charge in [0.15, 0.2) is 0 Å². The molecule has 0 aliphatic carbocycles. The number of carbonyl (C=O) groups excluding carboxylic acids is 1. The number of benzene rings is 1. The van der Waals surface area contributed by atoms with Crippen LogP contribution in [0.1, 0.15) is 31.4 Å². The highest BCUT2D eigenvalue weighted by Gasteiger charge is 2.10. The van der Waals surface area contributed by atoms with E-state index in [2.05, 4.69) is 15.7 Å². The fraction of sp³-hybridized carbons (Fsp3) is 0.375. The second-order valence-corrected chi connectivity index (χ2v) is 5.04. The standard InChI is InChI=1S/C16H22N4O.ClH/c1-13(19-16(21)8-4-9-17-2)14-6-3-7-15(12-14)20-11-5-10-18-20;/h3,5-7,10-13,17H,4,8-9H2,1-2H3,(H,19,21);1H. The van der Waals surface area contributed by atoms with Crippen molar-refractivity contribution in [2.75, 3.05) is 13.6 Å². The molecule has 0 saturated carbocycles. The van der Waals surface area contributed by atoms with Crippen molar-refractivity contribution in [1.82, 2.24) is 20.4 Å². The normalized spacial score (nSPS) is 11.5. The molecular formula is C16H23ClN4O. The van der Waals surface area contributed by atoms with Gasteiger partial charge in [-0.2, -0.15) is 5.10 Å². The molecule has 1 unspecified atom stereocenters. The maximum absolute atomic E-state index is 11.9. The number of nitrogens with zero attached hydrogens (tertiary/aromatic N) is 2. The number of hydrogen-bond acceptors (Lipinski definition) is 3. The number of amides is 1. The van der Waals surface area contributed by atoms with E-state index in [0.717, 1.165) is 24.2 Å². The van der Waals surface area contributed by atoms with Gasteiger partial charge >= 0.3 is 0 Å². The molecule has 1 atom stereocenters. The van der Waals surface area contributed by atoms with Gasteiger partial charge in [-0.25, -0.2) is 4.68 Å². The van der Waals surface area contributed by atoms with Crippen molar-refractivity contribution in [2.45, 2.75) is 25.8 Å². The lowest BCUT2D eigenvalue weighted by Gasteiger charge is -2.15. The summed E-state index contributed by atoms with van der Waals surface area (Å²) in [5.41, 5.74) is 2.07. The Morgan fingerprint density at radius 3 is 2.86 bits per heavy atom. The Balaban J connectivity index is 0.00000242. The van der Waals surface area contributed by atoms with Gasteiger partial charge in [-0.3, -0.25) is 4.79 Å². The summed E-state index contributed by atoms with van der Waals surface area (Å²) in [4.78, 5) is 11.9. The fourth-order valence-electron chi connectivity index (χ4n) is 2.18. The topological polar surface area (TPSA) is 59.0 Å². The number of halogens is 1. The van der Waals surface area contributed by atoms with Gasteiger partial charge in [0, 0.05) is 18.8 Å². The number of rotatable bonds is 7. The summed E-state index contributed by atoms with van der Waals surface area (Å²) < 4.78 is 1.81. The van der Waals surface area contributed by atoms with Gasteiger partial charge in [-0.1, -0.05) is 12.1 Å². The molecular weight excluding hydrogens is 300 g/mol. The fourth-order valence-corrected chi connectivity index (χ4v) is 2.18. The van der Waals surface area contributed by atoms with Crippen LogP contribution in [0.2, 0.25) is 0 Å². The Morgan fingerprint density at radius 2 is 2.18 bits per heavy atom. The van der Waals surface area contributed by atoms with Crippen LogP contribution in [0.25, 0.3) is 5.69 Å². The van der Waals surface area contributed by atoms with Crippen LogP contribution in [0, 0.1) is 0 Å². The molecule has 1 heterocycles. The van der Waals surface area contributed by atoms with Crippen LogP contribution < -0.4 is 10.6 Å². The van der Waals surface area contributed by atoms with Crippen LogP contribution in [-0.4, -0.2) is 29.3 Å². The van der Waals surface area contributed by atoms with E-state index < -0.39 is 0 Å². The molecule has 0 bridgehead atoms. The lowest BCUT2D eigenvalue weighted by atomic mass is 10.1. The molecule has 5 nitrogen and oxygen atoms in total. The summed E-state index contributed by atoms with van der Waals surface area (Å²) in [6, 6.07) is 9.92. The van der Waals surface area contributed by atoms with Gasteiger partial charge in [-0.15, -0.1) is 12.4 Å². The van der Waals surface area contributed by atoms with Gasteiger partial charge in [0.2, 0.25) is 5.91 Å². The van der Waals surface area contributed by atoms with Gasteiger partial charge in [0.05, 0.1) is 11.7 Å². The van der Waals surface area contributed by atoms with Crippen molar-refractivity contribution < 1.29 is 4.79 Å². The first kappa shape index (κ1) is 18.2. The van der Waals surface area contributed by atoms with Crippen LogP contribution in [0.5, 0.6) is 0 Å². The molecule has 0 saturated heterocycles. The molecule has 1 aromatic heterocycles.